The van der Waals surface area contributed by atoms with Gasteiger partial charge in [0.1, 0.15) is 5.75 Å². The Hall–Kier alpha value is -1.42. The van der Waals surface area contributed by atoms with Crippen LogP contribution in [0, 0.1) is 5.92 Å². The predicted octanol–water partition coefficient (Wildman–Crippen LogP) is 2.90. The van der Waals surface area contributed by atoms with E-state index in [0.717, 1.165) is 30.3 Å². The molecule has 4 nitrogen and oxygen atoms in total. The third-order valence-corrected chi connectivity index (χ3v) is 4.00. The first-order chi connectivity index (χ1) is 9.60. The zero-order valence-electron chi connectivity index (χ0n) is 12.1. The summed E-state index contributed by atoms with van der Waals surface area (Å²) in [6.45, 7) is 4.78. The van der Waals surface area contributed by atoms with E-state index in [2.05, 4.69) is 16.8 Å². The van der Waals surface area contributed by atoms with Gasteiger partial charge in [0, 0.05) is 23.7 Å². The highest BCUT2D eigenvalue weighted by Gasteiger charge is 2.17. The molecule has 20 heavy (non-hydrogen) atoms. The Balaban J connectivity index is 2.01. The van der Waals surface area contributed by atoms with Gasteiger partial charge in [-0.05, 0) is 30.9 Å². The Morgan fingerprint density at radius 2 is 2.15 bits per heavy atom. The van der Waals surface area contributed by atoms with Gasteiger partial charge < -0.3 is 15.4 Å². The zero-order chi connectivity index (χ0) is 14.5. The monoisotopic (exact) mass is 295 g/mol. The van der Waals surface area contributed by atoms with E-state index in [9.17, 15) is 0 Å². The highest BCUT2D eigenvalue weighted by atomic mass is 35.5. The molecule has 5 heteroatoms. The topological polar surface area (TPSA) is 50.9 Å². The van der Waals surface area contributed by atoms with Crippen LogP contribution in [0.15, 0.2) is 23.2 Å². The highest BCUT2D eigenvalue weighted by Crippen LogP contribution is 2.24. The van der Waals surface area contributed by atoms with E-state index >= 15 is 0 Å². The molecule has 1 aromatic carbocycles. The summed E-state index contributed by atoms with van der Waals surface area (Å²) in [5.74, 6) is 2.16. The van der Waals surface area contributed by atoms with Crippen molar-refractivity contribution in [1.82, 2.24) is 4.90 Å². The lowest BCUT2D eigenvalue weighted by Gasteiger charge is -2.31. The summed E-state index contributed by atoms with van der Waals surface area (Å²) in [4.78, 5) is 6.63. The summed E-state index contributed by atoms with van der Waals surface area (Å²) in [6.07, 6.45) is 2.36. The Labute approximate surface area is 125 Å². The van der Waals surface area contributed by atoms with E-state index in [1.807, 2.05) is 12.1 Å². The van der Waals surface area contributed by atoms with Gasteiger partial charge in [-0.25, -0.2) is 4.99 Å². The molecule has 0 unspecified atom stereocenters. The van der Waals surface area contributed by atoms with Crippen molar-refractivity contribution in [2.24, 2.45) is 16.6 Å². The second-order valence-corrected chi connectivity index (χ2v) is 5.74. The molecule has 1 aromatic rings. The second-order valence-electron chi connectivity index (χ2n) is 5.30. The summed E-state index contributed by atoms with van der Waals surface area (Å²) in [6, 6.07) is 5.56. The van der Waals surface area contributed by atoms with Crippen LogP contribution in [0.1, 0.15) is 25.3 Å². The summed E-state index contributed by atoms with van der Waals surface area (Å²) in [5.41, 5.74) is 7.06. The number of hydrogen-bond acceptors (Lipinski definition) is 2. The number of hydrogen-bond donors (Lipinski definition) is 1. The van der Waals surface area contributed by atoms with E-state index in [4.69, 9.17) is 22.1 Å². The lowest BCUT2D eigenvalue weighted by molar-refractivity contribution is 0.277. The van der Waals surface area contributed by atoms with Crippen LogP contribution in [0.3, 0.4) is 0 Å². The van der Waals surface area contributed by atoms with Gasteiger partial charge in [0.2, 0.25) is 0 Å². The van der Waals surface area contributed by atoms with E-state index in [0.29, 0.717) is 17.5 Å². The van der Waals surface area contributed by atoms with Gasteiger partial charge in [0.05, 0.1) is 13.7 Å². The van der Waals surface area contributed by atoms with Crippen molar-refractivity contribution in [2.45, 2.75) is 26.3 Å². The molecule has 0 atom stereocenters. The molecule has 1 heterocycles. The molecule has 0 radical (unpaired) electrons. The molecule has 2 N–H and O–H groups in total. The zero-order valence-corrected chi connectivity index (χ0v) is 12.9. The van der Waals surface area contributed by atoms with Gasteiger partial charge >= 0.3 is 0 Å². The van der Waals surface area contributed by atoms with Crippen LogP contribution in [-0.2, 0) is 6.54 Å². The quantitative estimate of drug-likeness (QED) is 0.689. The van der Waals surface area contributed by atoms with Gasteiger partial charge in [-0.2, -0.15) is 0 Å². The number of likely N-dealkylation sites (tertiary alicyclic amines) is 1. The number of benzene rings is 1. The van der Waals surface area contributed by atoms with Gasteiger partial charge in [-0.1, -0.05) is 24.6 Å². The molecular weight excluding hydrogens is 274 g/mol. The molecule has 0 bridgehead atoms. The van der Waals surface area contributed by atoms with Crippen LogP contribution in [0.2, 0.25) is 5.02 Å². The van der Waals surface area contributed by atoms with Gasteiger partial charge in [0.15, 0.2) is 5.96 Å². The van der Waals surface area contributed by atoms with Crippen LogP contribution in [0.5, 0.6) is 5.75 Å². The first-order valence-electron chi connectivity index (χ1n) is 6.97. The standard InChI is InChI=1S/C15H22ClN3O/c1-11-5-7-19(8-6-11)15(17)18-10-12-3-4-13(16)9-14(12)20-2/h3-4,9,11H,5-8,10H2,1-2H3,(H2,17,18). The van der Waals surface area contributed by atoms with Crippen LogP contribution in [0.4, 0.5) is 0 Å². The summed E-state index contributed by atoms with van der Waals surface area (Å²) < 4.78 is 5.31. The van der Waals surface area contributed by atoms with Crippen LogP contribution in [-0.4, -0.2) is 31.1 Å². The van der Waals surface area contributed by atoms with Crippen molar-refractivity contribution in [1.29, 1.82) is 0 Å². The smallest absolute Gasteiger partial charge is 0.191 e. The fourth-order valence-electron chi connectivity index (χ4n) is 2.35. The van der Waals surface area contributed by atoms with Crippen molar-refractivity contribution in [3.8, 4) is 5.75 Å². The van der Waals surface area contributed by atoms with Crippen LogP contribution >= 0.6 is 11.6 Å². The molecular formula is C15H22ClN3O. The molecule has 1 fully saturated rings. The Bertz CT molecular complexity index is 482. The summed E-state index contributed by atoms with van der Waals surface area (Å²) >= 11 is 5.94. The number of aliphatic imine (C=N–C) groups is 1. The number of guanidine groups is 1. The normalized spacial score (nSPS) is 17.4. The van der Waals surface area contributed by atoms with E-state index in [1.54, 1.807) is 13.2 Å². The van der Waals surface area contributed by atoms with Gasteiger partial charge in [0.25, 0.3) is 0 Å². The fraction of sp³-hybridized carbons (Fsp3) is 0.533. The molecule has 2 rings (SSSR count). The van der Waals surface area contributed by atoms with Crippen LogP contribution < -0.4 is 10.5 Å². The highest BCUT2D eigenvalue weighted by molar-refractivity contribution is 6.30. The molecule has 0 amide bonds. The van der Waals surface area contributed by atoms with Crippen molar-refractivity contribution in [3.63, 3.8) is 0 Å². The van der Waals surface area contributed by atoms with E-state index in [-0.39, 0.29) is 0 Å². The third kappa shape index (κ3) is 3.79. The minimum absolute atomic E-state index is 0.512. The SMILES string of the molecule is COc1cc(Cl)ccc1CN=C(N)N1CCC(C)CC1. The molecule has 0 saturated carbocycles. The lowest BCUT2D eigenvalue weighted by Crippen LogP contribution is -2.42. The summed E-state index contributed by atoms with van der Waals surface area (Å²) in [7, 11) is 1.63. The molecule has 0 aliphatic carbocycles. The van der Waals surface area contributed by atoms with Crippen molar-refractivity contribution in [3.05, 3.63) is 28.8 Å². The maximum atomic E-state index is 6.07. The largest absolute Gasteiger partial charge is 0.496 e. The number of methoxy groups -OCH3 is 1. The maximum absolute atomic E-state index is 6.07. The van der Waals surface area contributed by atoms with Crippen molar-refractivity contribution >= 4 is 17.6 Å². The van der Waals surface area contributed by atoms with E-state index in [1.165, 1.54) is 12.8 Å². The van der Waals surface area contributed by atoms with Gasteiger partial charge in [-0.15, -0.1) is 0 Å². The first kappa shape index (κ1) is 15.0. The average Bonchev–Trinajstić information content (AvgIpc) is 2.46. The molecule has 110 valence electrons. The summed E-state index contributed by atoms with van der Waals surface area (Å²) in [5, 5.41) is 0.660. The molecule has 1 saturated heterocycles. The number of halogens is 1. The minimum atomic E-state index is 0.512. The Morgan fingerprint density at radius 1 is 1.45 bits per heavy atom. The lowest BCUT2D eigenvalue weighted by atomic mass is 10.00. The fourth-order valence-corrected chi connectivity index (χ4v) is 2.51. The van der Waals surface area contributed by atoms with Crippen LogP contribution in [0.25, 0.3) is 0 Å². The number of nitrogens with two attached hydrogens (primary N) is 1. The minimum Gasteiger partial charge on any atom is -0.496 e. The molecule has 1 aliphatic rings. The average molecular weight is 296 g/mol. The van der Waals surface area contributed by atoms with E-state index < -0.39 is 0 Å². The first-order valence-corrected chi connectivity index (χ1v) is 7.35. The second kappa shape index (κ2) is 6.84. The Morgan fingerprint density at radius 3 is 2.80 bits per heavy atom. The molecule has 1 aliphatic heterocycles. The Kier molecular flexibility index (Phi) is 5.12. The molecule has 0 spiro atoms. The number of piperidine rings is 1. The predicted molar refractivity (Wildman–Crippen MR) is 83.3 cm³/mol. The third-order valence-electron chi connectivity index (χ3n) is 3.77. The number of nitrogens with zero attached hydrogens (tertiary/aromatic N) is 2. The van der Waals surface area contributed by atoms with Crippen molar-refractivity contribution < 1.29 is 4.74 Å². The number of ether oxygens (including phenoxy) is 1. The number of rotatable bonds is 3. The van der Waals surface area contributed by atoms with Crippen molar-refractivity contribution in [2.75, 3.05) is 20.2 Å². The maximum Gasteiger partial charge on any atom is 0.191 e. The molecule has 0 aromatic heterocycles. The van der Waals surface area contributed by atoms with Gasteiger partial charge in [-0.3, -0.25) is 0 Å².